The first-order valence-corrected chi connectivity index (χ1v) is 7.39. The maximum absolute atomic E-state index is 5.92. The third-order valence-electron chi connectivity index (χ3n) is 4.71. The minimum absolute atomic E-state index is 0.172. The zero-order valence-corrected chi connectivity index (χ0v) is 12.3. The van der Waals surface area contributed by atoms with Crippen LogP contribution < -0.4 is 16.4 Å². The molecule has 1 heterocycles. The van der Waals surface area contributed by atoms with Gasteiger partial charge in [0.15, 0.2) is 0 Å². The quantitative estimate of drug-likeness (QED) is 0.872. The third-order valence-corrected chi connectivity index (χ3v) is 4.71. The van der Waals surface area contributed by atoms with Crippen LogP contribution in [0.25, 0.3) is 0 Å². The highest BCUT2D eigenvalue weighted by molar-refractivity contribution is 5.59. The molecule has 1 aromatic carbocycles. The average molecular weight is 261 g/mol. The Hall–Kier alpha value is -1.06. The molecular formula is C16H27N3. The van der Waals surface area contributed by atoms with Gasteiger partial charge in [-0.05, 0) is 55.8 Å². The van der Waals surface area contributed by atoms with E-state index in [2.05, 4.69) is 36.9 Å². The summed E-state index contributed by atoms with van der Waals surface area (Å²) in [5, 5.41) is 0. The van der Waals surface area contributed by atoms with Crippen LogP contribution in [0.4, 0.5) is 5.69 Å². The van der Waals surface area contributed by atoms with E-state index < -0.39 is 0 Å². The molecule has 2 rings (SSSR count). The molecule has 1 aliphatic heterocycles. The monoisotopic (exact) mass is 261 g/mol. The van der Waals surface area contributed by atoms with Crippen molar-refractivity contribution in [2.75, 3.05) is 31.1 Å². The van der Waals surface area contributed by atoms with Gasteiger partial charge >= 0.3 is 0 Å². The summed E-state index contributed by atoms with van der Waals surface area (Å²) >= 11 is 0. The summed E-state index contributed by atoms with van der Waals surface area (Å²) in [5.74, 6) is 0. The zero-order chi connectivity index (χ0) is 13.9. The zero-order valence-electron chi connectivity index (χ0n) is 12.3. The van der Waals surface area contributed by atoms with Gasteiger partial charge in [0.05, 0.1) is 0 Å². The van der Waals surface area contributed by atoms with E-state index in [1.165, 1.54) is 16.8 Å². The van der Waals surface area contributed by atoms with Crippen molar-refractivity contribution < 1.29 is 0 Å². The molecule has 0 spiro atoms. The number of hydrogen-bond acceptors (Lipinski definition) is 3. The van der Waals surface area contributed by atoms with Gasteiger partial charge in [-0.2, -0.15) is 0 Å². The molecule has 0 atom stereocenters. The maximum Gasteiger partial charge on any atom is 0.0428 e. The van der Waals surface area contributed by atoms with E-state index in [-0.39, 0.29) is 5.41 Å². The molecule has 1 aromatic rings. The summed E-state index contributed by atoms with van der Waals surface area (Å²) in [7, 11) is 0. The number of piperidine rings is 1. The summed E-state index contributed by atoms with van der Waals surface area (Å²) in [6.45, 7) is 8.02. The van der Waals surface area contributed by atoms with Gasteiger partial charge in [0.2, 0.25) is 0 Å². The molecule has 106 valence electrons. The summed E-state index contributed by atoms with van der Waals surface area (Å²) in [6, 6.07) is 6.62. The van der Waals surface area contributed by atoms with Crippen LogP contribution in [0.3, 0.4) is 0 Å². The Balaban J connectivity index is 2.18. The molecule has 3 nitrogen and oxygen atoms in total. The van der Waals surface area contributed by atoms with Crippen molar-refractivity contribution >= 4 is 5.69 Å². The molecule has 0 aliphatic carbocycles. The lowest BCUT2D eigenvalue weighted by Crippen LogP contribution is -2.48. The normalized spacial score (nSPS) is 18.6. The highest BCUT2D eigenvalue weighted by Gasteiger charge is 2.32. The fourth-order valence-electron chi connectivity index (χ4n) is 3.15. The van der Waals surface area contributed by atoms with Gasteiger partial charge in [-0.3, -0.25) is 0 Å². The van der Waals surface area contributed by atoms with Crippen molar-refractivity contribution in [1.82, 2.24) is 0 Å². The van der Waals surface area contributed by atoms with Crippen LogP contribution in [0.1, 0.15) is 30.9 Å². The standard InChI is InChI=1S/C16H27N3/c1-3-14-6-4-5-13(2)15(14)19-9-7-16(11-17,12-18)8-10-19/h4-6H,3,7-12,17-18H2,1-2H3. The number of nitrogens with zero attached hydrogens (tertiary/aromatic N) is 1. The van der Waals surface area contributed by atoms with Gasteiger partial charge in [-0.1, -0.05) is 25.1 Å². The van der Waals surface area contributed by atoms with E-state index in [0.717, 1.165) is 32.4 Å². The smallest absolute Gasteiger partial charge is 0.0428 e. The molecule has 19 heavy (non-hydrogen) atoms. The van der Waals surface area contributed by atoms with Gasteiger partial charge in [0, 0.05) is 18.8 Å². The number of benzene rings is 1. The van der Waals surface area contributed by atoms with Crippen LogP contribution in [0.5, 0.6) is 0 Å². The topological polar surface area (TPSA) is 55.3 Å². The molecule has 1 fully saturated rings. The van der Waals surface area contributed by atoms with Crippen molar-refractivity contribution in [3.8, 4) is 0 Å². The molecule has 0 radical (unpaired) electrons. The Morgan fingerprint density at radius 1 is 1.16 bits per heavy atom. The molecule has 0 unspecified atom stereocenters. The maximum atomic E-state index is 5.92. The first-order valence-electron chi connectivity index (χ1n) is 7.39. The largest absolute Gasteiger partial charge is 0.371 e. The number of para-hydroxylation sites is 1. The van der Waals surface area contributed by atoms with Gasteiger partial charge in [-0.15, -0.1) is 0 Å². The van der Waals surface area contributed by atoms with Gasteiger partial charge < -0.3 is 16.4 Å². The number of nitrogens with two attached hydrogens (primary N) is 2. The Kier molecular flexibility index (Phi) is 4.48. The van der Waals surface area contributed by atoms with Crippen LogP contribution in [0.2, 0.25) is 0 Å². The van der Waals surface area contributed by atoms with Crippen LogP contribution in [0.15, 0.2) is 18.2 Å². The van der Waals surface area contributed by atoms with Crippen LogP contribution in [0, 0.1) is 12.3 Å². The summed E-state index contributed by atoms with van der Waals surface area (Å²) in [4.78, 5) is 2.53. The number of rotatable bonds is 4. The van der Waals surface area contributed by atoms with Crippen molar-refractivity contribution in [1.29, 1.82) is 0 Å². The molecule has 4 N–H and O–H groups in total. The summed E-state index contributed by atoms with van der Waals surface area (Å²) in [6.07, 6.45) is 3.31. The van der Waals surface area contributed by atoms with Crippen molar-refractivity contribution in [3.05, 3.63) is 29.3 Å². The lowest BCUT2D eigenvalue weighted by molar-refractivity contribution is 0.238. The molecule has 0 saturated carbocycles. The molecule has 0 aromatic heterocycles. The summed E-state index contributed by atoms with van der Waals surface area (Å²) in [5.41, 5.74) is 16.3. The van der Waals surface area contributed by atoms with E-state index in [9.17, 15) is 0 Å². The van der Waals surface area contributed by atoms with E-state index >= 15 is 0 Å². The van der Waals surface area contributed by atoms with Gasteiger partial charge in [0.1, 0.15) is 0 Å². The lowest BCUT2D eigenvalue weighted by Gasteiger charge is -2.42. The lowest BCUT2D eigenvalue weighted by atomic mass is 9.78. The Bertz CT molecular complexity index is 414. The Labute approximate surface area is 117 Å². The predicted octanol–water partition coefficient (Wildman–Crippen LogP) is 2.06. The fourth-order valence-corrected chi connectivity index (χ4v) is 3.15. The number of hydrogen-bond donors (Lipinski definition) is 2. The van der Waals surface area contributed by atoms with E-state index in [1.54, 1.807) is 0 Å². The second-order valence-electron chi connectivity index (χ2n) is 5.83. The minimum Gasteiger partial charge on any atom is -0.371 e. The highest BCUT2D eigenvalue weighted by atomic mass is 15.1. The SMILES string of the molecule is CCc1cccc(C)c1N1CCC(CN)(CN)CC1. The first-order chi connectivity index (χ1) is 9.15. The molecular weight excluding hydrogens is 234 g/mol. The van der Waals surface area contributed by atoms with E-state index in [0.29, 0.717) is 13.1 Å². The Morgan fingerprint density at radius 3 is 2.32 bits per heavy atom. The number of aryl methyl sites for hydroxylation is 2. The molecule has 0 bridgehead atoms. The average Bonchev–Trinajstić information content (AvgIpc) is 2.47. The Morgan fingerprint density at radius 2 is 1.79 bits per heavy atom. The molecule has 1 aliphatic rings. The molecule has 0 amide bonds. The predicted molar refractivity (Wildman–Crippen MR) is 82.5 cm³/mol. The molecule has 1 saturated heterocycles. The van der Waals surface area contributed by atoms with Crippen LogP contribution in [-0.4, -0.2) is 26.2 Å². The minimum atomic E-state index is 0.172. The van der Waals surface area contributed by atoms with Crippen molar-refractivity contribution in [2.24, 2.45) is 16.9 Å². The molecule has 3 heteroatoms. The van der Waals surface area contributed by atoms with Crippen LogP contribution >= 0.6 is 0 Å². The number of anilines is 1. The van der Waals surface area contributed by atoms with Gasteiger partial charge in [0.25, 0.3) is 0 Å². The highest BCUT2D eigenvalue weighted by Crippen LogP contribution is 2.34. The second kappa shape index (κ2) is 5.93. The van der Waals surface area contributed by atoms with Crippen molar-refractivity contribution in [2.45, 2.75) is 33.1 Å². The van der Waals surface area contributed by atoms with E-state index in [4.69, 9.17) is 11.5 Å². The third kappa shape index (κ3) is 2.77. The first kappa shape index (κ1) is 14.4. The van der Waals surface area contributed by atoms with E-state index in [1.807, 2.05) is 0 Å². The fraction of sp³-hybridized carbons (Fsp3) is 0.625. The van der Waals surface area contributed by atoms with Crippen molar-refractivity contribution in [3.63, 3.8) is 0 Å². The summed E-state index contributed by atoms with van der Waals surface area (Å²) < 4.78 is 0. The second-order valence-corrected chi connectivity index (χ2v) is 5.83. The van der Waals surface area contributed by atoms with Crippen LogP contribution in [-0.2, 0) is 6.42 Å². The van der Waals surface area contributed by atoms with Gasteiger partial charge in [-0.25, -0.2) is 0 Å².